The molecule has 3 heterocycles. The van der Waals surface area contributed by atoms with Crippen molar-refractivity contribution in [1.82, 2.24) is 9.55 Å². The zero-order valence-corrected chi connectivity index (χ0v) is 18.4. The number of carbonyl (C=O) groups is 2. The van der Waals surface area contributed by atoms with Gasteiger partial charge in [-0.1, -0.05) is 40.2 Å². The Kier molecular flexibility index (Phi) is 4.91. The van der Waals surface area contributed by atoms with Gasteiger partial charge in [-0.15, -0.1) is 11.3 Å². The lowest BCUT2D eigenvalue weighted by Gasteiger charge is -2.29. The molecule has 2 amide bonds. The first kappa shape index (κ1) is 19.7. The molecule has 0 atom stereocenters. The molecular weight excluding hydrogens is 480 g/mol. The number of nitrogens with zero attached hydrogens (tertiary/aromatic N) is 3. The van der Waals surface area contributed by atoms with E-state index in [0.29, 0.717) is 21.6 Å². The van der Waals surface area contributed by atoms with Gasteiger partial charge in [0, 0.05) is 15.4 Å². The lowest BCUT2D eigenvalue weighted by Crippen LogP contribution is -2.44. The zero-order valence-electron chi connectivity index (χ0n) is 16.0. The number of thiophene rings is 1. The molecule has 2 aromatic carbocycles. The average molecular weight is 495 g/mol. The molecule has 154 valence electrons. The Labute approximate surface area is 189 Å². The van der Waals surface area contributed by atoms with Crippen molar-refractivity contribution in [3.8, 4) is 11.1 Å². The molecule has 0 bridgehead atoms. The number of amides is 2. The topological polar surface area (TPSA) is 84.3 Å². The van der Waals surface area contributed by atoms with Crippen LogP contribution in [0, 0.1) is 0 Å². The van der Waals surface area contributed by atoms with E-state index in [1.54, 1.807) is 24.3 Å². The number of para-hydroxylation sites is 2. The van der Waals surface area contributed by atoms with Crippen LogP contribution in [0.3, 0.4) is 0 Å². The maximum Gasteiger partial charge on any atom is 0.263 e. The molecule has 0 fully saturated rings. The standard InChI is InChI=1S/C22H15BrN4O3S/c23-14-7-5-13(6-8-14)15-11-31-21-20(15)22(30)26(12-24-21)10-19(29)27-9-18(28)25-16-3-1-2-4-17(16)27/h1-8,11-12H,9-10H2,(H,25,28). The summed E-state index contributed by atoms with van der Waals surface area (Å²) in [6.45, 7) is -0.304. The minimum absolute atomic E-state index is 0.0944. The molecule has 0 aliphatic carbocycles. The summed E-state index contributed by atoms with van der Waals surface area (Å²) in [6.07, 6.45) is 1.39. The van der Waals surface area contributed by atoms with Crippen LogP contribution in [0.4, 0.5) is 11.4 Å². The van der Waals surface area contributed by atoms with Crippen molar-refractivity contribution in [3.63, 3.8) is 0 Å². The number of hydrogen-bond donors (Lipinski definition) is 1. The Morgan fingerprint density at radius 1 is 1.13 bits per heavy atom. The summed E-state index contributed by atoms with van der Waals surface area (Å²) in [4.78, 5) is 44.7. The number of benzene rings is 2. The normalized spacial score (nSPS) is 13.2. The van der Waals surface area contributed by atoms with Crippen molar-refractivity contribution < 1.29 is 9.59 Å². The van der Waals surface area contributed by atoms with Crippen molar-refractivity contribution in [1.29, 1.82) is 0 Å². The Balaban J connectivity index is 1.52. The summed E-state index contributed by atoms with van der Waals surface area (Å²) in [5.41, 5.74) is 2.59. The molecule has 5 rings (SSSR count). The molecule has 1 N–H and O–H groups in total. The minimum Gasteiger partial charge on any atom is -0.323 e. The summed E-state index contributed by atoms with van der Waals surface area (Å²) < 4.78 is 2.25. The summed E-state index contributed by atoms with van der Waals surface area (Å²) in [6, 6.07) is 14.8. The van der Waals surface area contributed by atoms with E-state index < -0.39 is 0 Å². The van der Waals surface area contributed by atoms with Crippen LogP contribution in [0.15, 0.2) is 69.5 Å². The Hall–Kier alpha value is -3.30. The van der Waals surface area contributed by atoms with Crippen LogP contribution in [0.1, 0.15) is 0 Å². The molecule has 0 saturated heterocycles. The molecule has 1 aliphatic heterocycles. The molecule has 7 nitrogen and oxygen atoms in total. The predicted molar refractivity (Wildman–Crippen MR) is 124 cm³/mol. The van der Waals surface area contributed by atoms with E-state index in [0.717, 1.165) is 15.6 Å². The number of rotatable bonds is 3. The number of anilines is 2. The lowest BCUT2D eigenvalue weighted by atomic mass is 10.1. The van der Waals surface area contributed by atoms with E-state index >= 15 is 0 Å². The molecular formula is C22H15BrN4O3S. The van der Waals surface area contributed by atoms with Crippen LogP contribution in [-0.2, 0) is 16.1 Å². The van der Waals surface area contributed by atoms with Crippen LogP contribution < -0.4 is 15.8 Å². The quantitative estimate of drug-likeness (QED) is 0.468. The fraction of sp³-hybridized carbons (Fsp3) is 0.0909. The highest BCUT2D eigenvalue weighted by atomic mass is 79.9. The summed E-state index contributed by atoms with van der Waals surface area (Å²) in [5, 5.41) is 5.14. The van der Waals surface area contributed by atoms with Gasteiger partial charge in [-0.25, -0.2) is 4.98 Å². The number of nitrogens with one attached hydrogen (secondary N) is 1. The van der Waals surface area contributed by atoms with Crippen molar-refractivity contribution in [2.75, 3.05) is 16.8 Å². The van der Waals surface area contributed by atoms with Gasteiger partial charge in [0.1, 0.15) is 17.9 Å². The highest BCUT2D eigenvalue weighted by Gasteiger charge is 2.27. The van der Waals surface area contributed by atoms with Crippen LogP contribution in [0.2, 0.25) is 0 Å². The third-order valence-corrected chi connectivity index (χ3v) is 6.51. The van der Waals surface area contributed by atoms with Gasteiger partial charge in [-0.05, 0) is 29.8 Å². The summed E-state index contributed by atoms with van der Waals surface area (Å²) >= 11 is 4.81. The maximum atomic E-state index is 13.2. The first-order valence-electron chi connectivity index (χ1n) is 9.43. The summed E-state index contributed by atoms with van der Waals surface area (Å²) in [5.74, 6) is -0.630. The van der Waals surface area contributed by atoms with E-state index in [2.05, 4.69) is 26.2 Å². The van der Waals surface area contributed by atoms with Crippen molar-refractivity contribution in [2.24, 2.45) is 0 Å². The van der Waals surface area contributed by atoms with Gasteiger partial charge in [-0.2, -0.15) is 0 Å². The number of hydrogen-bond acceptors (Lipinski definition) is 5. The van der Waals surface area contributed by atoms with E-state index in [4.69, 9.17) is 0 Å². The van der Waals surface area contributed by atoms with Crippen LogP contribution in [0.5, 0.6) is 0 Å². The number of carbonyl (C=O) groups excluding carboxylic acids is 2. The third-order valence-electron chi connectivity index (χ3n) is 5.09. The van der Waals surface area contributed by atoms with Gasteiger partial charge in [0.2, 0.25) is 11.8 Å². The molecule has 31 heavy (non-hydrogen) atoms. The largest absolute Gasteiger partial charge is 0.323 e. The fourth-order valence-electron chi connectivity index (χ4n) is 3.61. The van der Waals surface area contributed by atoms with E-state index in [-0.39, 0.29) is 30.5 Å². The van der Waals surface area contributed by atoms with Crippen LogP contribution in [0.25, 0.3) is 21.3 Å². The maximum absolute atomic E-state index is 13.2. The van der Waals surface area contributed by atoms with Crippen molar-refractivity contribution >= 4 is 60.7 Å². The highest BCUT2D eigenvalue weighted by Crippen LogP contribution is 2.32. The van der Waals surface area contributed by atoms with Gasteiger partial charge in [0.15, 0.2) is 0 Å². The Bertz CT molecular complexity index is 1390. The zero-order chi connectivity index (χ0) is 21.5. The SMILES string of the molecule is O=C1CN(C(=O)Cn2cnc3scc(-c4ccc(Br)cc4)c3c2=O)c2ccccc2N1. The molecule has 0 unspecified atom stereocenters. The Morgan fingerprint density at radius 2 is 1.90 bits per heavy atom. The van der Waals surface area contributed by atoms with Gasteiger partial charge in [-0.3, -0.25) is 23.9 Å². The van der Waals surface area contributed by atoms with E-state index in [1.807, 2.05) is 29.6 Å². The van der Waals surface area contributed by atoms with Gasteiger partial charge < -0.3 is 5.32 Å². The third kappa shape index (κ3) is 3.55. The fourth-order valence-corrected chi connectivity index (χ4v) is 4.78. The first-order chi connectivity index (χ1) is 15.0. The lowest BCUT2D eigenvalue weighted by molar-refractivity contribution is -0.122. The molecule has 0 spiro atoms. The molecule has 0 saturated carbocycles. The van der Waals surface area contributed by atoms with E-state index in [9.17, 15) is 14.4 Å². The number of fused-ring (bicyclic) bond motifs is 2. The molecule has 1 aliphatic rings. The van der Waals surface area contributed by atoms with E-state index in [1.165, 1.54) is 27.1 Å². The Morgan fingerprint density at radius 3 is 2.71 bits per heavy atom. The van der Waals surface area contributed by atoms with Gasteiger partial charge in [0.05, 0.1) is 23.1 Å². The van der Waals surface area contributed by atoms with Crippen molar-refractivity contribution in [3.05, 3.63) is 75.1 Å². The van der Waals surface area contributed by atoms with Crippen LogP contribution >= 0.6 is 27.3 Å². The van der Waals surface area contributed by atoms with Gasteiger partial charge in [0.25, 0.3) is 5.56 Å². The van der Waals surface area contributed by atoms with Gasteiger partial charge >= 0.3 is 0 Å². The highest BCUT2D eigenvalue weighted by molar-refractivity contribution is 9.10. The second-order valence-corrected chi connectivity index (χ2v) is 8.83. The molecule has 2 aromatic heterocycles. The van der Waals surface area contributed by atoms with Crippen LogP contribution in [-0.4, -0.2) is 27.9 Å². The predicted octanol–water partition coefficient (Wildman–Crippen LogP) is 3.87. The number of halogens is 1. The molecule has 9 heteroatoms. The monoisotopic (exact) mass is 494 g/mol. The minimum atomic E-state index is -0.356. The summed E-state index contributed by atoms with van der Waals surface area (Å²) in [7, 11) is 0. The first-order valence-corrected chi connectivity index (χ1v) is 11.1. The second kappa shape index (κ2) is 7.75. The van der Waals surface area contributed by atoms with Crippen molar-refractivity contribution in [2.45, 2.75) is 6.54 Å². The molecule has 4 aromatic rings. The number of aromatic nitrogens is 2. The average Bonchev–Trinajstić information content (AvgIpc) is 3.20. The smallest absolute Gasteiger partial charge is 0.263 e. The second-order valence-electron chi connectivity index (χ2n) is 7.06. The molecule has 0 radical (unpaired) electrons.